The third-order valence-electron chi connectivity index (χ3n) is 2.99. The van der Waals surface area contributed by atoms with Crippen LogP contribution in [0.4, 0.5) is 0 Å². The molecule has 0 radical (unpaired) electrons. The molecule has 1 aromatic rings. The van der Waals surface area contributed by atoms with Crippen molar-refractivity contribution < 1.29 is 19.4 Å². The zero-order valence-corrected chi connectivity index (χ0v) is 13.2. The van der Waals surface area contributed by atoms with Crippen LogP contribution in [-0.2, 0) is 22.6 Å². The van der Waals surface area contributed by atoms with Crippen LogP contribution in [0.5, 0.6) is 5.75 Å². The Morgan fingerprint density at radius 3 is 2.42 bits per heavy atom. The normalized spacial score (nSPS) is 11.4. The van der Waals surface area contributed by atoms with Gasteiger partial charge in [-0.2, -0.15) is 0 Å². The van der Waals surface area contributed by atoms with Crippen molar-refractivity contribution in [2.45, 2.75) is 26.9 Å². The van der Waals surface area contributed by atoms with Gasteiger partial charge in [-0.15, -0.1) is 0 Å². The molecule has 0 aromatic heterocycles. The summed E-state index contributed by atoms with van der Waals surface area (Å²) in [5.74, 6) is -0.105. The predicted molar refractivity (Wildman–Crippen MR) is 76.5 cm³/mol. The Morgan fingerprint density at radius 1 is 1.32 bits per heavy atom. The van der Waals surface area contributed by atoms with Crippen molar-refractivity contribution in [2.75, 3.05) is 14.2 Å². The average molecular weight is 331 g/mol. The maximum absolute atomic E-state index is 11.2. The topological polar surface area (TPSA) is 55.8 Å². The van der Waals surface area contributed by atoms with E-state index in [9.17, 15) is 9.90 Å². The second-order valence-electron chi connectivity index (χ2n) is 5.05. The maximum Gasteiger partial charge on any atom is 0.309 e. The van der Waals surface area contributed by atoms with Crippen molar-refractivity contribution in [1.82, 2.24) is 0 Å². The first-order valence-electron chi connectivity index (χ1n) is 5.89. The zero-order valence-electron chi connectivity index (χ0n) is 11.6. The lowest BCUT2D eigenvalue weighted by Crippen LogP contribution is -2.26. The number of halogens is 1. The van der Waals surface area contributed by atoms with E-state index >= 15 is 0 Å². The summed E-state index contributed by atoms with van der Waals surface area (Å²) in [4.78, 5) is 11.2. The Bertz CT molecular complexity index is 469. The van der Waals surface area contributed by atoms with Crippen molar-refractivity contribution in [2.24, 2.45) is 5.41 Å². The molecule has 0 aliphatic carbocycles. The van der Waals surface area contributed by atoms with E-state index in [1.165, 1.54) is 0 Å². The summed E-state index contributed by atoms with van der Waals surface area (Å²) >= 11 is 3.42. The molecule has 1 N–H and O–H groups in total. The van der Waals surface area contributed by atoms with Crippen LogP contribution >= 0.6 is 15.9 Å². The molecule has 0 unspecified atom stereocenters. The van der Waals surface area contributed by atoms with Gasteiger partial charge in [0.05, 0.1) is 23.6 Å². The Kier molecular flexibility index (Phi) is 5.38. The van der Waals surface area contributed by atoms with Crippen molar-refractivity contribution in [3.63, 3.8) is 0 Å². The minimum atomic E-state index is -0.823. The van der Waals surface area contributed by atoms with Gasteiger partial charge >= 0.3 is 5.97 Å². The van der Waals surface area contributed by atoms with E-state index in [2.05, 4.69) is 15.9 Å². The van der Waals surface area contributed by atoms with Crippen molar-refractivity contribution in [1.29, 1.82) is 0 Å². The summed E-state index contributed by atoms with van der Waals surface area (Å²) in [6.45, 7) is 3.85. The van der Waals surface area contributed by atoms with Crippen LogP contribution in [0.2, 0.25) is 0 Å². The van der Waals surface area contributed by atoms with E-state index in [4.69, 9.17) is 9.47 Å². The fourth-order valence-corrected chi connectivity index (χ4v) is 2.35. The molecular weight excluding hydrogens is 312 g/mol. The zero-order chi connectivity index (χ0) is 14.6. The van der Waals surface area contributed by atoms with Crippen LogP contribution in [0.1, 0.15) is 25.0 Å². The SMILES string of the molecule is COCc1cc(OC)c(Br)cc1CC(C)(C)C(=O)O. The first-order valence-corrected chi connectivity index (χ1v) is 6.68. The second-order valence-corrected chi connectivity index (χ2v) is 5.91. The molecule has 0 bridgehead atoms. The minimum Gasteiger partial charge on any atom is -0.496 e. The lowest BCUT2D eigenvalue weighted by atomic mass is 9.84. The molecule has 4 nitrogen and oxygen atoms in total. The number of carboxylic acid groups (broad SMARTS) is 1. The van der Waals surface area contributed by atoms with Crippen LogP contribution in [0.15, 0.2) is 16.6 Å². The fraction of sp³-hybridized carbons (Fsp3) is 0.500. The first-order chi connectivity index (χ1) is 8.81. The monoisotopic (exact) mass is 330 g/mol. The van der Waals surface area contributed by atoms with Crippen LogP contribution in [0.3, 0.4) is 0 Å². The van der Waals surface area contributed by atoms with E-state index in [1.54, 1.807) is 28.1 Å². The molecule has 0 heterocycles. The second kappa shape index (κ2) is 6.39. The molecule has 0 saturated heterocycles. The molecule has 19 heavy (non-hydrogen) atoms. The number of hydrogen-bond donors (Lipinski definition) is 1. The first kappa shape index (κ1) is 16.0. The number of hydrogen-bond acceptors (Lipinski definition) is 3. The molecule has 0 saturated carbocycles. The molecule has 5 heteroatoms. The van der Waals surface area contributed by atoms with E-state index in [1.807, 2.05) is 12.1 Å². The third-order valence-corrected chi connectivity index (χ3v) is 3.60. The molecule has 1 rings (SSSR count). The van der Waals surface area contributed by atoms with Crippen LogP contribution in [0.25, 0.3) is 0 Å². The summed E-state index contributed by atoms with van der Waals surface area (Å²) in [5, 5.41) is 9.23. The highest BCUT2D eigenvalue weighted by atomic mass is 79.9. The fourth-order valence-electron chi connectivity index (χ4n) is 1.80. The highest BCUT2D eigenvalue weighted by Crippen LogP contribution is 2.32. The quantitative estimate of drug-likeness (QED) is 0.869. The van der Waals surface area contributed by atoms with Gasteiger partial charge in [-0.3, -0.25) is 4.79 Å². The summed E-state index contributed by atoms with van der Waals surface area (Å²) in [7, 11) is 3.21. The number of rotatable bonds is 6. The van der Waals surface area contributed by atoms with Gasteiger partial charge in [0, 0.05) is 7.11 Å². The predicted octanol–water partition coefficient (Wildman–Crippen LogP) is 3.26. The van der Waals surface area contributed by atoms with Gasteiger partial charge in [0.2, 0.25) is 0 Å². The van der Waals surface area contributed by atoms with Crippen LogP contribution in [0, 0.1) is 5.41 Å². The molecule has 0 aliphatic heterocycles. The number of aliphatic carboxylic acids is 1. The highest BCUT2D eigenvalue weighted by Gasteiger charge is 2.28. The summed E-state index contributed by atoms with van der Waals surface area (Å²) in [6.07, 6.45) is 0.434. The molecule has 0 spiro atoms. The van der Waals surface area contributed by atoms with Crippen LogP contribution < -0.4 is 4.74 Å². The molecule has 0 amide bonds. The summed E-state index contributed by atoms with van der Waals surface area (Å²) in [6, 6.07) is 3.78. The van der Waals surface area contributed by atoms with E-state index in [0.29, 0.717) is 18.8 Å². The average Bonchev–Trinajstić information content (AvgIpc) is 2.32. The molecule has 0 aliphatic rings. The number of benzene rings is 1. The standard InChI is InChI=1S/C14H19BrO4/c1-14(2,13(16)17)7-9-5-11(15)12(19-4)6-10(9)8-18-3/h5-6H,7-8H2,1-4H3,(H,16,17). The van der Waals surface area contributed by atoms with E-state index in [-0.39, 0.29) is 0 Å². The third kappa shape index (κ3) is 3.94. The van der Waals surface area contributed by atoms with Crippen molar-refractivity contribution in [3.8, 4) is 5.75 Å². The van der Waals surface area contributed by atoms with Gasteiger partial charge in [0.25, 0.3) is 0 Å². The highest BCUT2D eigenvalue weighted by molar-refractivity contribution is 9.10. The Hall–Kier alpha value is -1.07. The van der Waals surface area contributed by atoms with Crippen molar-refractivity contribution in [3.05, 3.63) is 27.7 Å². The van der Waals surface area contributed by atoms with Gasteiger partial charge in [-0.1, -0.05) is 0 Å². The Balaban J connectivity index is 3.18. The number of ether oxygens (including phenoxy) is 2. The lowest BCUT2D eigenvalue weighted by molar-refractivity contribution is -0.146. The summed E-state index contributed by atoms with van der Waals surface area (Å²) in [5.41, 5.74) is 1.06. The molecule has 1 aromatic carbocycles. The smallest absolute Gasteiger partial charge is 0.309 e. The Morgan fingerprint density at radius 2 is 1.95 bits per heavy atom. The summed E-state index contributed by atoms with van der Waals surface area (Å²) < 4.78 is 11.2. The van der Waals surface area contributed by atoms with Gasteiger partial charge in [-0.05, 0) is 59.5 Å². The number of carbonyl (C=O) groups is 1. The molecule has 0 atom stereocenters. The molecule has 106 valence electrons. The number of methoxy groups -OCH3 is 2. The van der Waals surface area contributed by atoms with E-state index < -0.39 is 11.4 Å². The molecule has 0 fully saturated rings. The van der Waals surface area contributed by atoms with Crippen LogP contribution in [-0.4, -0.2) is 25.3 Å². The van der Waals surface area contributed by atoms with Gasteiger partial charge in [-0.25, -0.2) is 0 Å². The van der Waals surface area contributed by atoms with Crippen molar-refractivity contribution >= 4 is 21.9 Å². The Labute approximate surface area is 121 Å². The van der Waals surface area contributed by atoms with Gasteiger partial charge in [0.1, 0.15) is 5.75 Å². The number of carboxylic acids is 1. The van der Waals surface area contributed by atoms with Gasteiger partial charge in [0.15, 0.2) is 0 Å². The lowest BCUT2D eigenvalue weighted by Gasteiger charge is -2.21. The molecular formula is C14H19BrO4. The minimum absolute atomic E-state index is 0.425. The van der Waals surface area contributed by atoms with E-state index in [0.717, 1.165) is 15.6 Å². The maximum atomic E-state index is 11.2. The largest absolute Gasteiger partial charge is 0.496 e. The van der Waals surface area contributed by atoms with Gasteiger partial charge < -0.3 is 14.6 Å².